The van der Waals surface area contributed by atoms with Gasteiger partial charge in [-0.15, -0.1) is 0 Å². The topological polar surface area (TPSA) is 49.4 Å². The molecule has 4 nitrogen and oxygen atoms in total. The highest BCUT2D eigenvalue weighted by atomic mass is 32.1. The van der Waals surface area contributed by atoms with Crippen LogP contribution in [0.4, 0.5) is 0 Å². The summed E-state index contributed by atoms with van der Waals surface area (Å²) in [5.41, 5.74) is -1.08. The van der Waals surface area contributed by atoms with E-state index < -0.39 is 5.41 Å². The molecular weight excluding hydrogens is 236 g/mol. The first-order valence-electron chi connectivity index (χ1n) is 5.84. The van der Waals surface area contributed by atoms with Gasteiger partial charge in [0.05, 0.1) is 0 Å². The van der Waals surface area contributed by atoms with Crippen LogP contribution in [-0.2, 0) is 9.59 Å². The minimum Gasteiger partial charge on any atom is -0.301 e. The minimum absolute atomic E-state index is 0.207. The number of amides is 2. The van der Waals surface area contributed by atoms with Gasteiger partial charge in [-0.2, -0.15) is 0 Å². The SMILES string of the molecule is C/C=C/[C@]1(CCC)C(=O)NC(=S)N(CC)C1=O. The van der Waals surface area contributed by atoms with Crippen molar-refractivity contribution < 1.29 is 9.59 Å². The molecule has 2 amide bonds. The number of hydrogen-bond acceptors (Lipinski definition) is 3. The van der Waals surface area contributed by atoms with E-state index in [-0.39, 0.29) is 16.9 Å². The zero-order chi connectivity index (χ0) is 13.1. The molecule has 0 radical (unpaired) electrons. The van der Waals surface area contributed by atoms with E-state index in [1.165, 1.54) is 4.90 Å². The maximum absolute atomic E-state index is 12.4. The minimum atomic E-state index is -1.08. The number of nitrogens with zero attached hydrogens (tertiary/aromatic N) is 1. The van der Waals surface area contributed by atoms with Crippen molar-refractivity contribution in [1.29, 1.82) is 0 Å². The Morgan fingerprint density at radius 2 is 2.06 bits per heavy atom. The van der Waals surface area contributed by atoms with Crippen LogP contribution in [0.3, 0.4) is 0 Å². The van der Waals surface area contributed by atoms with Crippen molar-refractivity contribution in [3.63, 3.8) is 0 Å². The van der Waals surface area contributed by atoms with Crippen LogP contribution in [0.25, 0.3) is 0 Å². The molecule has 0 aromatic carbocycles. The first-order valence-corrected chi connectivity index (χ1v) is 6.25. The highest BCUT2D eigenvalue weighted by molar-refractivity contribution is 7.80. The first kappa shape index (κ1) is 13.8. The van der Waals surface area contributed by atoms with Crippen LogP contribution < -0.4 is 5.32 Å². The smallest absolute Gasteiger partial charge is 0.248 e. The maximum Gasteiger partial charge on any atom is 0.248 e. The van der Waals surface area contributed by atoms with Gasteiger partial charge >= 0.3 is 0 Å². The Bertz CT molecular complexity index is 379. The first-order chi connectivity index (χ1) is 8.03. The van der Waals surface area contributed by atoms with Gasteiger partial charge in [0.1, 0.15) is 5.41 Å². The standard InChI is InChI=1S/C12H18N2O2S/c1-4-7-12(8-5-2)9(15)13-11(17)14(6-3)10(12)16/h4,7H,5-6,8H2,1-3H3,(H,13,15,17)/b7-4+/t12-/m0/s1. The lowest BCUT2D eigenvalue weighted by Crippen LogP contribution is -2.63. The summed E-state index contributed by atoms with van der Waals surface area (Å²) in [6, 6.07) is 0. The monoisotopic (exact) mass is 254 g/mol. The van der Waals surface area contributed by atoms with E-state index in [4.69, 9.17) is 12.2 Å². The lowest BCUT2D eigenvalue weighted by Gasteiger charge is -2.38. The normalized spacial score (nSPS) is 25.6. The van der Waals surface area contributed by atoms with Gasteiger partial charge in [-0.25, -0.2) is 0 Å². The van der Waals surface area contributed by atoms with Gasteiger partial charge in [-0.3, -0.25) is 14.5 Å². The molecular formula is C12H18N2O2S. The van der Waals surface area contributed by atoms with Crippen molar-refractivity contribution >= 4 is 29.1 Å². The van der Waals surface area contributed by atoms with E-state index in [0.29, 0.717) is 13.0 Å². The van der Waals surface area contributed by atoms with E-state index in [0.717, 1.165) is 6.42 Å². The summed E-state index contributed by atoms with van der Waals surface area (Å²) < 4.78 is 0. The Kier molecular flexibility index (Phi) is 4.40. The van der Waals surface area contributed by atoms with Gasteiger partial charge in [0.2, 0.25) is 11.8 Å². The van der Waals surface area contributed by atoms with Crippen LogP contribution >= 0.6 is 12.2 Å². The second kappa shape index (κ2) is 5.40. The third-order valence-electron chi connectivity index (χ3n) is 2.91. The molecule has 0 bridgehead atoms. The Hall–Kier alpha value is -1.23. The zero-order valence-electron chi connectivity index (χ0n) is 10.4. The molecule has 1 fully saturated rings. The maximum atomic E-state index is 12.4. The molecule has 1 heterocycles. The fourth-order valence-electron chi connectivity index (χ4n) is 2.12. The van der Waals surface area contributed by atoms with E-state index in [2.05, 4.69) is 5.32 Å². The quantitative estimate of drug-likeness (QED) is 0.471. The summed E-state index contributed by atoms with van der Waals surface area (Å²) in [5, 5.41) is 2.82. The summed E-state index contributed by atoms with van der Waals surface area (Å²) in [6.07, 6.45) is 4.68. The number of hydrogen-bond donors (Lipinski definition) is 1. The predicted molar refractivity (Wildman–Crippen MR) is 70.3 cm³/mol. The number of allylic oxidation sites excluding steroid dienone is 1. The molecule has 1 atom stereocenters. The molecule has 0 spiro atoms. The summed E-state index contributed by atoms with van der Waals surface area (Å²) in [5.74, 6) is -0.522. The number of rotatable bonds is 4. The number of carbonyl (C=O) groups is 2. The van der Waals surface area contributed by atoms with E-state index in [1.807, 2.05) is 13.8 Å². The van der Waals surface area contributed by atoms with Crippen molar-refractivity contribution in [2.75, 3.05) is 6.54 Å². The van der Waals surface area contributed by atoms with E-state index in [1.54, 1.807) is 19.1 Å². The van der Waals surface area contributed by atoms with Gasteiger partial charge in [0, 0.05) is 6.54 Å². The van der Waals surface area contributed by atoms with Gasteiger partial charge in [-0.05, 0) is 32.5 Å². The van der Waals surface area contributed by atoms with Crippen LogP contribution in [-0.4, -0.2) is 28.4 Å². The van der Waals surface area contributed by atoms with Gasteiger partial charge in [0.25, 0.3) is 0 Å². The molecule has 1 N–H and O–H groups in total. The van der Waals surface area contributed by atoms with E-state index >= 15 is 0 Å². The molecule has 1 aliphatic rings. The zero-order valence-corrected chi connectivity index (χ0v) is 11.3. The molecule has 1 saturated heterocycles. The molecule has 1 aliphatic heterocycles. The fraction of sp³-hybridized carbons (Fsp3) is 0.583. The largest absolute Gasteiger partial charge is 0.301 e. The number of thiocarbonyl (C=S) groups is 1. The Morgan fingerprint density at radius 3 is 2.53 bits per heavy atom. The van der Waals surface area contributed by atoms with Crippen molar-refractivity contribution in [2.45, 2.75) is 33.6 Å². The molecule has 0 saturated carbocycles. The average molecular weight is 254 g/mol. The Labute approximate surface area is 107 Å². The molecule has 17 heavy (non-hydrogen) atoms. The third kappa shape index (κ3) is 2.24. The highest BCUT2D eigenvalue weighted by Gasteiger charge is 2.49. The fourth-order valence-corrected chi connectivity index (χ4v) is 2.43. The van der Waals surface area contributed by atoms with Crippen LogP contribution in [0.15, 0.2) is 12.2 Å². The van der Waals surface area contributed by atoms with Gasteiger partial charge in [0.15, 0.2) is 5.11 Å². The summed E-state index contributed by atoms with van der Waals surface area (Å²) in [4.78, 5) is 25.9. The van der Waals surface area contributed by atoms with Gasteiger partial charge < -0.3 is 5.32 Å². The molecule has 1 rings (SSSR count). The summed E-state index contributed by atoms with van der Waals surface area (Å²) in [7, 11) is 0. The predicted octanol–water partition coefficient (Wildman–Crippen LogP) is 1.61. The second-order valence-corrected chi connectivity index (χ2v) is 4.42. The summed E-state index contributed by atoms with van der Waals surface area (Å²) in [6.45, 7) is 6.07. The van der Waals surface area contributed by atoms with E-state index in [9.17, 15) is 9.59 Å². The lowest BCUT2D eigenvalue weighted by molar-refractivity contribution is -0.146. The second-order valence-electron chi connectivity index (χ2n) is 4.03. The number of carbonyl (C=O) groups excluding carboxylic acids is 2. The molecule has 5 heteroatoms. The molecule has 0 aliphatic carbocycles. The van der Waals surface area contributed by atoms with Crippen LogP contribution in [0.5, 0.6) is 0 Å². The Morgan fingerprint density at radius 1 is 1.41 bits per heavy atom. The molecule has 0 aromatic heterocycles. The van der Waals surface area contributed by atoms with Crippen LogP contribution in [0.1, 0.15) is 33.6 Å². The third-order valence-corrected chi connectivity index (χ3v) is 3.23. The number of nitrogens with one attached hydrogen (secondary N) is 1. The lowest BCUT2D eigenvalue weighted by atomic mass is 9.79. The highest BCUT2D eigenvalue weighted by Crippen LogP contribution is 2.32. The van der Waals surface area contributed by atoms with Crippen LogP contribution in [0, 0.1) is 5.41 Å². The average Bonchev–Trinajstić information content (AvgIpc) is 2.27. The van der Waals surface area contributed by atoms with Gasteiger partial charge in [-0.1, -0.05) is 25.5 Å². The molecule has 0 aromatic rings. The van der Waals surface area contributed by atoms with Crippen molar-refractivity contribution in [2.24, 2.45) is 5.41 Å². The van der Waals surface area contributed by atoms with Crippen molar-refractivity contribution in [3.05, 3.63) is 12.2 Å². The summed E-state index contributed by atoms with van der Waals surface area (Å²) >= 11 is 5.00. The molecule has 94 valence electrons. The molecule has 0 unspecified atom stereocenters. The van der Waals surface area contributed by atoms with Crippen LogP contribution in [0.2, 0.25) is 0 Å². The van der Waals surface area contributed by atoms with Crippen molar-refractivity contribution in [3.8, 4) is 0 Å². The van der Waals surface area contributed by atoms with Crippen molar-refractivity contribution in [1.82, 2.24) is 10.2 Å². The Balaban J connectivity index is 3.21.